The molecule has 0 bridgehead atoms. The maximum Gasteiger partial charge on any atom is 0.164 e. The van der Waals surface area contributed by atoms with Crippen molar-refractivity contribution in [3.05, 3.63) is 35.6 Å². The number of rotatable bonds is 3. The lowest BCUT2D eigenvalue weighted by Crippen LogP contribution is -2.30. The molecule has 0 aromatic heterocycles. The Balaban J connectivity index is 2.00. The van der Waals surface area contributed by atoms with Crippen LogP contribution in [0.5, 0.6) is 0 Å². The summed E-state index contributed by atoms with van der Waals surface area (Å²) in [5.41, 5.74) is 0.557. The largest absolute Gasteiger partial charge is 0.361 e. The second-order valence-electron chi connectivity index (χ2n) is 3.93. The summed E-state index contributed by atoms with van der Waals surface area (Å²) < 4.78 is 12.7. The first-order valence-corrected chi connectivity index (χ1v) is 5.17. The van der Waals surface area contributed by atoms with Gasteiger partial charge in [0.15, 0.2) is 5.78 Å². The highest BCUT2D eigenvalue weighted by molar-refractivity contribution is 5.96. The predicted molar refractivity (Wildman–Crippen MR) is 60.3 cm³/mol. The fraction of sp³-hybridized carbons (Fsp3) is 0.333. The van der Waals surface area contributed by atoms with E-state index < -0.39 is 0 Å². The first-order valence-electron chi connectivity index (χ1n) is 5.17. The Hall–Kier alpha value is -1.71. The van der Waals surface area contributed by atoms with Gasteiger partial charge >= 0.3 is 0 Å². The second kappa shape index (κ2) is 4.43. The second-order valence-corrected chi connectivity index (χ2v) is 3.93. The van der Waals surface area contributed by atoms with Crippen LogP contribution in [0, 0.1) is 5.82 Å². The molecule has 1 aromatic carbocycles. The summed E-state index contributed by atoms with van der Waals surface area (Å²) in [5.74, 6) is -0.291. The van der Waals surface area contributed by atoms with Crippen molar-refractivity contribution in [2.45, 2.75) is 12.5 Å². The van der Waals surface area contributed by atoms with E-state index >= 15 is 0 Å². The Morgan fingerprint density at radius 2 is 2.19 bits per heavy atom. The summed E-state index contributed by atoms with van der Waals surface area (Å²) in [4.78, 5) is 17.9. The fourth-order valence-corrected chi connectivity index (χ4v) is 1.70. The van der Waals surface area contributed by atoms with Crippen molar-refractivity contribution in [3.63, 3.8) is 0 Å². The zero-order valence-corrected chi connectivity index (χ0v) is 9.06. The third-order valence-corrected chi connectivity index (χ3v) is 2.74. The van der Waals surface area contributed by atoms with E-state index in [1.165, 1.54) is 24.3 Å². The van der Waals surface area contributed by atoms with Crippen LogP contribution in [0.25, 0.3) is 0 Å². The Kier molecular flexibility index (Phi) is 2.99. The smallest absolute Gasteiger partial charge is 0.164 e. The van der Waals surface area contributed by atoms with Gasteiger partial charge < -0.3 is 4.90 Å². The first-order chi connectivity index (χ1) is 7.66. The first kappa shape index (κ1) is 10.8. The quantitative estimate of drug-likeness (QED) is 0.727. The van der Waals surface area contributed by atoms with Crippen LogP contribution in [-0.2, 0) is 0 Å². The molecular formula is C12H13FN2O. The summed E-state index contributed by atoms with van der Waals surface area (Å²) >= 11 is 0. The maximum absolute atomic E-state index is 12.7. The van der Waals surface area contributed by atoms with Crippen LogP contribution in [0.15, 0.2) is 29.3 Å². The highest BCUT2D eigenvalue weighted by Gasteiger charge is 2.20. The Morgan fingerprint density at radius 3 is 2.75 bits per heavy atom. The monoisotopic (exact) mass is 220 g/mol. The van der Waals surface area contributed by atoms with Crippen LogP contribution < -0.4 is 0 Å². The molecule has 1 atom stereocenters. The van der Waals surface area contributed by atoms with Crippen LogP contribution in [0.2, 0.25) is 0 Å². The topological polar surface area (TPSA) is 32.7 Å². The molecule has 1 unspecified atom stereocenters. The summed E-state index contributed by atoms with van der Waals surface area (Å²) in [7, 11) is 1.90. The van der Waals surface area contributed by atoms with Gasteiger partial charge in [0.2, 0.25) is 0 Å². The Bertz CT molecular complexity index is 414. The van der Waals surface area contributed by atoms with E-state index in [-0.39, 0.29) is 17.6 Å². The molecule has 0 amide bonds. The van der Waals surface area contributed by atoms with Gasteiger partial charge in [-0.2, -0.15) is 0 Å². The van der Waals surface area contributed by atoms with Gasteiger partial charge in [0.1, 0.15) is 5.82 Å². The van der Waals surface area contributed by atoms with Gasteiger partial charge in [-0.3, -0.25) is 9.79 Å². The number of aliphatic imine (C=N–C) groups is 1. The third kappa shape index (κ3) is 2.27. The molecule has 84 valence electrons. The van der Waals surface area contributed by atoms with E-state index in [4.69, 9.17) is 0 Å². The van der Waals surface area contributed by atoms with Gasteiger partial charge in [-0.1, -0.05) is 0 Å². The molecule has 0 saturated heterocycles. The highest BCUT2D eigenvalue weighted by atomic mass is 19.1. The summed E-state index contributed by atoms with van der Waals surface area (Å²) in [6, 6.07) is 5.79. The lowest BCUT2D eigenvalue weighted by molar-refractivity contribution is 0.0960. The molecule has 1 aliphatic rings. The Labute approximate surface area is 93.6 Å². The van der Waals surface area contributed by atoms with Gasteiger partial charge in [0, 0.05) is 19.0 Å². The molecule has 1 heterocycles. The van der Waals surface area contributed by atoms with Crippen LogP contribution in [0.3, 0.4) is 0 Å². The van der Waals surface area contributed by atoms with Crippen molar-refractivity contribution in [2.75, 3.05) is 13.6 Å². The standard InChI is InChI=1S/C12H13FN2O/c1-15-8-14-7-11(15)6-12(16)9-2-4-10(13)5-3-9/h2-5,8,11H,6-7H2,1H3. The van der Waals surface area contributed by atoms with E-state index in [1.807, 2.05) is 11.9 Å². The SMILES string of the molecule is CN1C=NCC1CC(=O)c1ccc(F)cc1. The number of nitrogens with zero attached hydrogens (tertiary/aromatic N) is 2. The number of carbonyl (C=O) groups excluding carboxylic acids is 1. The van der Waals surface area contributed by atoms with Gasteiger partial charge in [-0.25, -0.2) is 4.39 Å². The zero-order chi connectivity index (χ0) is 11.5. The van der Waals surface area contributed by atoms with E-state index in [9.17, 15) is 9.18 Å². The molecule has 3 nitrogen and oxygen atoms in total. The van der Waals surface area contributed by atoms with Crippen molar-refractivity contribution in [1.82, 2.24) is 4.90 Å². The summed E-state index contributed by atoms with van der Waals surface area (Å²) in [6.45, 7) is 0.656. The van der Waals surface area contributed by atoms with Gasteiger partial charge in [-0.15, -0.1) is 0 Å². The maximum atomic E-state index is 12.7. The molecule has 1 aromatic rings. The highest BCUT2D eigenvalue weighted by Crippen LogP contribution is 2.12. The number of halogens is 1. The molecular weight excluding hydrogens is 207 g/mol. The fourth-order valence-electron chi connectivity index (χ4n) is 1.70. The number of Topliss-reactive ketones (excluding diaryl/α,β-unsaturated/α-hetero) is 1. The average molecular weight is 220 g/mol. The number of hydrogen-bond donors (Lipinski definition) is 0. The van der Waals surface area contributed by atoms with Crippen LogP contribution >= 0.6 is 0 Å². The molecule has 0 spiro atoms. The van der Waals surface area contributed by atoms with Crippen molar-refractivity contribution < 1.29 is 9.18 Å². The van der Waals surface area contributed by atoms with Crippen LogP contribution in [0.1, 0.15) is 16.8 Å². The van der Waals surface area contributed by atoms with Crippen molar-refractivity contribution in [3.8, 4) is 0 Å². The number of ketones is 1. The van der Waals surface area contributed by atoms with Crippen molar-refractivity contribution in [2.24, 2.45) is 4.99 Å². The molecule has 0 aliphatic carbocycles. The molecule has 0 radical (unpaired) electrons. The van der Waals surface area contributed by atoms with E-state index in [0.29, 0.717) is 18.5 Å². The molecule has 1 aliphatic heterocycles. The number of benzene rings is 1. The minimum absolute atomic E-state index is 0.0300. The lowest BCUT2D eigenvalue weighted by Gasteiger charge is -2.17. The van der Waals surface area contributed by atoms with Crippen molar-refractivity contribution >= 4 is 12.1 Å². The van der Waals surface area contributed by atoms with E-state index in [2.05, 4.69) is 4.99 Å². The van der Waals surface area contributed by atoms with Crippen LogP contribution in [0.4, 0.5) is 4.39 Å². The van der Waals surface area contributed by atoms with Gasteiger partial charge in [0.05, 0.1) is 18.9 Å². The summed E-state index contributed by atoms with van der Waals surface area (Å²) in [5, 5.41) is 0. The van der Waals surface area contributed by atoms with Crippen molar-refractivity contribution in [1.29, 1.82) is 0 Å². The normalized spacial score (nSPS) is 19.1. The third-order valence-electron chi connectivity index (χ3n) is 2.74. The minimum Gasteiger partial charge on any atom is -0.361 e. The molecule has 0 fully saturated rings. The van der Waals surface area contributed by atoms with Gasteiger partial charge in [-0.05, 0) is 24.3 Å². The van der Waals surface area contributed by atoms with Crippen LogP contribution in [-0.4, -0.2) is 36.7 Å². The summed E-state index contributed by atoms with van der Waals surface area (Å²) in [6.07, 6.45) is 2.16. The molecule has 16 heavy (non-hydrogen) atoms. The van der Waals surface area contributed by atoms with E-state index in [1.54, 1.807) is 6.34 Å². The minimum atomic E-state index is -0.321. The number of hydrogen-bond acceptors (Lipinski definition) is 3. The number of carbonyl (C=O) groups is 1. The van der Waals surface area contributed by atoms with E-state index in [0.717, 1.165) is 0 Å². The molecule has 2 rings (SSSR count). The average Bonchev–Trinajstić information content (AvgIpc) is 2.65. The molecule has 4 heteroatoms. The molecule has 0 saturated carbocycles. The lowest BCUT2D eigenvalue weighted by atomic mass is 10.0. The van der Waals surface area contributed by atoms with Gasteiger partial charge in [0.25, 0.3) is 0 Å². The zero-order valence-electron chi connectivity index (χ0n) is 9.06. The Morgan fingerprint density at radius 1 is 1.50 bits per heavy atom. The predicted octanol–water partition coefficient (Wildman–Crippen LogP) is 1.74. The number of likely N-dealkylation sites (N-methyl/N-ethyl adjacent to an activating group) is 1. The molecule has 0 N–H and O–H groups in total.